The molecule has 0 aliphatic heterocycles. The van der Waals surface area contributed by atoms with Crippen LogP contribution in [0.25, 0.3) is 0 Å². The minimum Gasteiger partial charge on any atom is -0.350 e. The lowest BCUT2D eigenvalue weighted by Crippen LogP contribution is -2.38. The van der Waals surface area contributed by atoms with E-state index in [1.165, 1.54) is 22.5 Å². The Kier molecular flexibility index (Phi) is 6.14. The summed E-state index contributed by atoms with van der Waals surface area (Å²) in [5, 5.41) is 2.56. The molecule has 2 aromatic carbocycles. The number of nitrogens with one attached hydrogen (secondary N) is 1. The molecule has 0 aliphatic rings. The summed E-state index contributed by atoms with van der Waals surface area (Å²) in [6.45, 7) is 2.08. The van der Waals surface area contributed by atoms with Gasteiger partial charge in [-0.3, -0.25) is 9.10 Å². The van der Waals surface area contributed by atoms with Crippen LogP contribution in [0.2, 0.25) is 0 Å². The zero-order valence-corrected chi connectivity index (χ0v) is 15.0. The number of hydrogen-bond acceptors (Lipinski definition) is 3. The van der Waals surface area contributed by atoms with Gasteiger partial charge in [0.25, 0.3) is 5.91 Å². The summed E-state index contributed by atoms with van der Waals surface area (Å²) < 4.78 is 39.2. The van der Waals surface area contributed by atoms with E-state index in [4.69, 9.17) is 0 Å². The molecule has 1 N–H and O–H groups in total. The van der Waals surface area contributed by atoms with E-state index in [2.05, 4.69) is 5.32 Å². The van der Waals surface area contributed by atoms with E-state index in [0.717, 1.165) is 11.8 Å². The molecule has 0 saturated carbocycles. The summed E-state index contributed by atoms with van der Waals surface area (Å²) in [6.07, 6.45) is 1.81. The highest BCUT2D eigenvalue weighted by Gasteiger charge is 2.20. The Labute approximate surface area is 147 Å². The summed E-state index contributed by atoms with van der Waals surface area (Å²) in [4.78, 5) is 12.0. The van der Waals surface area contributed by atoms with E-state index in [1.54, 1.807) is 18.2 Å². The van der Waals surface area contributed by atoms with Gasteiger partial charge >= 0.3 is 0 Å². The van der Waals surface area contributed by atoms with E-state index in [-0.39, 0.29) is 18.7 Å². The number of rotatable bonds is 7. The SMILES string of the molecule is CCc1ccccc1N(CCNC(=O)c1ccccc1F)S(C)(=O)=O. The number of para-hydroxylation sites is 1. The normalized spacial score (nSPS) is 11.2. The molecular formula is C18H21FN2O3S. The second-order valence-electron chi connectivity index (χ2n) is 5.55. The van der Waals surface area contributed by atoms with Crippen LogP contribution < -0.4 is 9.62 Å². The molecule has 134 valence electrons. The average molecular weight is 364 g/mol. The van der Waals surface area contributed by atoms with Crippen molar-refractivity contribution in [2.45, 2.75) is 13.3 Å². The lowest BCUT2D eigenvalue weighted by Gasteiger charge is -2.25. The van der Waals surface area contributed by atoms with Crippen molar-refractivity contribution in [1.29, 1.82) is 0 Å². The van der Waals surface area contributed by atoms with Crippen LogP contribution in [0.15, 0.2) is 48.5 Å². The second-order valence-corrected chi connectivity index (χ2v) is 7.46. The Morgan fingerprint density at radius 3 is 2.40 bits per heavy atom. The van der Waals surface area contributed by atoms with Gasteiger partial charge in [0.15, 0.2) is 0 Å². The number of nitrogens with zero attached hydrogens (tertiary/aromatic N) is 1. The summed E-state index contributed by atoms with van der Waals surface area (Å²) in [5.74, 6) is -1.19. The van der Waals surface area contributed by atoms with Crippen molar-refractivity contribution < 1.29 is 17.6 Å². The number of sulfonamides is 1. The van der Waals surface area contributed by atoms with Gasteiger partial charge in [0.1, 0.15) is 5.82 Å². The molecule has 0 heterocycles. The van der Waals surface area contributed by atoms with Gasteiger partial charge < -0.3 is 5.32 Å². The van der Waals surface area contributed by atoms with Gasteiger partial charge in [-0.1, -0.05) is 37.3 Å². The smallest absolute Gasteiger partial charge is 0.254 e. The lowest BCUT2D eigenvalue weighted by molar-refractivity contribution is 0.0951. The van der Waals surface area contributed by atoms with Gasteiger partial charge in [-0.05, 0) is 30.2 Å². The van der Waals surface area contributed by atoms with E-state index in [9.17, 15) is 17.6 Å². The summed E-state index contributed by atoms with van der Waals surface area (Å²) in [5.41, 5.74) is 1.42. The molecule has 0 atom stereocenters. The largest absolute Gasteiger partial charge is 0.350 e. The van der Waals surface area contributed by atoms with Crippen LogP contribution in [0.1, 0.15) is 22.8 Å². The third-order valence-corrected chi connectivity index (χ3v) is 4.94. The van der Waals surface area contributed by atoms with Gasteiger partial charge in [-0.25, -0.2) is 12.8 Å². The standard InChI is InChI=1S/C18H21FN2O3S/c1-3-14-8-4-7-11-17(14)21(25(2,23)24)13-12-20-18(22)15-9-5-6-10-16(15)19/h4-11H,3,12-13H2,1-2H3,(H,20,22). The molecule has 0 fully saturated rings. The molecule has 25 heavy (non-hydrogen) atoms. The Morgan fingerprint density at radius 1 is 1.12 bits per heavy atom. The van der Waals surface area contributed by atoms with E-state index >= 15 is 0 Å². The molecule has 7 heteroatoms. The highest BCUT2D eigenvalue weighted by molar-refractivity contribution is 7.92. The molecule has 0 unspecified atom stereocenters. The van der Waals surface area contributed by atoms with E-state index in [1.807, 2.05) is 19.1 Å². The van der Waals surface area contributed by atoms with Crippen LogP contribution in [0.4, 0.5) is 10.1 Å². The van der Waals surface area contributed by atoms with E-state index < -0.39 is 21.7 Å². The topological polar surface area (TPSA) is 66.5 Å². The lowest BCUT2D eigenvalue weighted by atomic mass is 10.1. The highest BCUT2D eigenvalue weighted by Crippen LogP contribution is 2.23. The Hall–Kier alpha value is -2.41. The van der Waals surface area contributed by atoms with Gasteiger partial charge in [0.2, 0.25) is 10.0 Å². The van der Waals surface area contributed by atoms with Crippen molar-refractivity contribution in [3.8, 4) is 0 Å². The number of benzene rings is 2. The number of carbonyl (C=O) groups is 1. The Morgan fingerprint density at radius 2 is 1.76 bits per heavy atom. The van der Waals surface area contributed by atoms with Crippen molar-refractivity contribution >= 4 is 21.6 Å². The van der Waals surface area contributed by atoms with Gasteiger partial charge in [-0.15, -0.1) is 0 Å². The van der Waals surface area contributed by atoms with Crippen LogP contribution in [0.3, 0.4) is 0 Å². The van der Waals surface area contributed by atoms with Crippen molar-refractivity contribution in [1.82, 2.24) is 5.32 Å². The summed E-state index contributed by atoms with van der Waals surface area (Å²) >= 11 is 0. The average Bonchev–Trinajstić information content (AvgIpc) is 2.58. The molecule has 0 radical (unpaired) electrons. The van der Waals surface area contributed by atoms with Crippen LogP contribution in [-0.2, 0) is 16.4 Å². The molecule has 1 amide bonds. The maximum Gasteiger partial charge on any atom is 0.254 e. The first-order valence-electron chi connectivity index (χ1n) is 7.93. The molecule has 0 aromatic heterocycles. The molecule has 0 saturated heterocycles. The fourth-order valence-corrected chi connectivity index (χ4v) is 3.49. The van der Waals surface area contributed by atoms with Gasteiger partial charge in [0.05, 0.1) is 24.1 Å². The summed E-state index contributed by atoms with van der Waals surface area (Å²) in [7, 11) is -3.51. The first kappa shape index (κ1) is 18.9. The molecule has 0 aliphatic carbocycles. The number of hydrogen-bond donors (Lipinski definition) is 1. The first-order chi connectivity index (χ1) is 11.8. The maximum absolute atomic E-state index is 13.6. The Bertz CT molecular complexity index is 853. The molecule has 2 rings (SSSR count). The monoisotopic (exact) mass is 364 g/mol. The molecule has 0 bridgehead atoms. The number of carbonyl (C=O) groups excluding carboxylic acids is 1. The van der Waals surface area contributed by atoms with Crippen LogP contribution in [0, 0.1) is 5.82 Å². The maximum atomic E-state index is 13.6. The third kappa shape index (κ3) is 4.79. The van der Waals surface area contributed by atoms with Crippen LogP contribution >= 0.6 is 0 Å². The van der Waals surface area contributed by atoms with Crippen LogP contribution in [0.5, 0.6) is 0 Å². The molecule has 0 spiro atoms. The van der Waals surface area contributed by atoms with Gasteiger partial charge in [-0.2, -0.15) is 0 Å². The molecule has 5 nitrogen and oxygen atoms in total. The quantitative estimate of drug-likeness (QED) is 0.821. The fraction of sp³-hybridized carbons (Fsp3) is 0.278. The minimum atomic E-state index is -3.51. The van der Waals surface area contributed by atoms with E-state index in [0.29, 0.717) is 12.1 Å². The number of amides is 1. The third-order valence-electron chi connectivity index (χ3n) is 3.76. The highest BCUT2D eigenvalue weighted by atomic mass is 32.2. The Balaban J connectivity index is 2.12. The van der Waals surface area contributed by atoms with Crippen molar-refractivity contribution in [3.05, 3.63) is 65.5 Å². The molecular weight excluding hydrogens is 343 g/mol. The van der Waals surface area contributed by atoms with Crippen molar-refractivity contribution in [3.63, 3.8) is 0 Å². The predicted molar refractivity (Wildman–Crippen MR) is 96.7 cm³/mol. The predicted octanol–water partition coefficient (Wildman–Crippen LogP) is 2.58. The first-order valence-corrected chi connectivity index (χ1v) is 9.77. The second kappa shape index (κ2) is 8.11. The number of anilines is 1. The van der Waals surface area contributed by atoms with Gasteiger partial charge in [0, 0.05) is 6.54 Å². The summed E-state index contributed by atoms with van der Waals surface area (Å²) in [6, 6.07) is 12.9. The zero-order valence-electron chi connectivity index (χ0n) is 14.2. The zero-order chi connectivity index (χ0) is 18.4. The van der Waals surface area contributed by atoms with Crippen LogP contribution in [-0.4, -0.2) is 33.7 Å². The fourth-order valence-electron chi connectivity index (χ4n) is 2.53. The van der Waals surface area contributed by atoms with Crippen molar-refractivity contribution in [2.75, 3.05) is 23.7 Å². The number of aryl methyl sites for hydroxylation is 1. The van der Waals surface area contributed by atoms with Crippen molar-refractivity contribution in [2.24, 2.45) is 0 Å². The minimum absolute atomic E-state index is 0.0655. The number of halogens is 1. The molecule has 2 aromatic rings.